The van der Waals surface area contributed by atoms with Gasteiger partial charge in [-0.25, -0.2) is 0 Å². The fraction of sp³-hybridized carbons (Fsp3) is 0. The second-order valence-electron chi connectivity index (χ2n) is 2.13. The average Bonchev–Trinajstić information content (AvgIpc) is 2.09. The normalized spacial score (nSPS) is 11.6. The average molecular weight is 239 g/mol. The zero-order chi connectivity index (χ0) is 10.1. The van der Waals surface area contributed by atoms with Crippen molar-refractivity contribution in [3.63, 3.8) is 0 Å². The molecule has 0 saturated carbocycles. The first-order valence-electron chi connectivity index (χ1n) is 3.06. The predicted octanol–water partition coefficient (Wildman–Crippen LogP) is 2.37. The molecule has 3 nitrogen and oxygen atoms in total. The molecule has 0 aliphatic heterocycles. The van der Waals surface area contributed by atoms with Crippen LogP contribution < -0.4 is 0 Å². The van der Waals surface area contributed by atoms with Crippen molar-refractivity contribution >= 4 is 33.3 Å². The maximum absolute atomic E-state index is 11.0. The lowest BCUT2D eigenvalue weighted by Crippen LogP contribution is -2.00. The highest BCUT2D eigenvalue weighted by atomic mass is 35.5. The topological polar surface area (TPSA) is 43.4 Å². The third-order valence-electron chi connectivity index (χ3n) is 1.31. The summed E-state index contributed by atoms with van der Waals surface area (Å²) in [5, 5.41) is 0.387. The van der Waals surface area contributed by atoms with E-state index in [0.29, 0.717) is 0 Å². The Morgan fingerprint density at radius 3 is 2.31 bits per heavy atom. The van der Waals surface area contributed by atoms with E-state index >= 15 is 0 Å². The summed E-state index contributed by atoms with van der Waals surface area (Å²) in [6.07, 6.45) is 0. The lowest BCUT2D eigenvalue weighted by Gasteiger charge is -2.01. The van der Waals surface area contributed by atoms with Crippen molar-refractivity contribution in [2.75, 3.05) is 0 Å². The molecule has 13 heavy (non-hydrogen) atoms. The van der Waals surface area contributed by atoms with Gasteiger partial charge >= 0.3 is 0 Å². The van der Waals surface area contributed by atoms with Gasteiger partial charge in [-0.2, -0.15) is 8.42 Å². The molecule has 70 valence electrons. The maximum atomic E-state index is 11.0. The minimum atomic E-state index is -3.90. The quantitative estimate of drug-likeness (QED) is 0.744. The van der Waals surface area contributed by atoms with Gasteiger partial charge in [0, 0.05) is 0 Å². The van der Waals surface area contributed by atoms with Crippen molar-refractivity contribution in [2.45, 2.75) is 4.90 Å². The minimum absolute atomic E-state index is 0.125. The number of rotatable bonds is 2. The molecule has 0 fully saturated rings. The minimum Gasteiger partial charge on any atom is -0.257 e. The lowest BCUT2D eigenvalue weighted by atomic mass is 10.4. The van der Waals surface area contributed by atoms with Crippen molar-refractivity contribution in [2.24, 2.45) is 0 Å². The molecule has 0 heterocycles. The van der Waals surface area contributed by atoms with Crippen LogP contribution in [-0.2, 0) is 14.3 Å². The van der Waals surface area contributed by atoms with Crippen LogP contribution in [0.15, 0.2) is 23.1 Å². The summed E-state index contributed by atoms with van der Waals surface area (Å²) in [5.74, 6) is 0. The third kappa shape index (κ3) is 2.34. The second kappa shape index (κ2) is 3.84. The SMILES string of the molecule is [CH]OS(=O)(=O)c1ccc(Cl)c(Cl)c1. The maximum Gasteiger partial charge on any atom is 0.297 e. The van der Waals surface area contributed by atoms with Gasteiger partial charge in [0.1, 0.15) is 7.11 Å². The first-order valence-corrected chi connectivity index (χ1v) is 5.22. The Morgan fingerprint density at radius 1 is 1.23 bits per heavy atom. The molecule has 0 aromatic heterocycles. The van der Waals surface area contributed by atoms with Gasteiger partial charge in [0.2, 0.25) is 0 Å². The molecular weight excluding hydrogens is 235 g/mol. The molecule has 0 atom stereocenters. The van der Waals surface area contributed by atoms with Crippen LogP contribution in [0.1, 0.15) is 0 Å². The summed E-state index contributed by atoms with van der Waals surface area (Å²) >= 11 is 11.2. The fourth-order valence-corrected chi connectivity index (χ4v) is 1.66. The van der Waals surface area contributed by atoms with Gasteiger partial charge in [0.05, 0.1) is 14.9 Å². The molecule has 0 amide bonds. The van der Waals surface area contributed by atoms with Gasteiger partial charge in [0.15, 0.2) is 0 Å². The zero-order valence-corrected chi connectivity index (χ0v) is 8.53. The van der Waals surface area contributed by atoms with E-state index in [-0.39, 0.29) is 14.9 Å². The van der Waals surface area contributed by atoms with E-state index in [0.717, 1.165) is 6.07 Å². The van der Waals surface area contributed by atoms with Gasteiger partial charge in [0.25, 0.3) is 10.1 Å². The summed E-state index contributed by atoms with van der Waals surface area (Å²) in [7, 11) is 0.660. The van der Waals surface area contributed by atoms with Crippen molar-refractivity contribution < 1.29 is 12.6 Å². The van der Waals surface area contributed by atoms with E-state index in [1.54, 1.807) is 0 Å². The zero-order valence-electron chi connectivity index (χ0n) is 6.20. The predicted molar refractivity (Wildman–Crippen MR) is 49.0 cm³/mol. The Balaban J connectivity index is 3.27. The van der Waals surface area contributed by atoms with Crippen LogP contribution in [0.3, 0.4) is 0 Å². The Bertz CT molecular complexity index is 414. The molecule has 2 radical (unpaired) electrons. The Hall–Kier alpha value is -0.290. The smallest absolute Gasteiger partial charge is 0.257 e. The first kappa shape index (κ1) is 10.8. The summed E-state index contributed by atoms with van der Waals surface area (Å²) in [6, 6.07) is 3.75. The monoisotopic (exact) mass is 238 g/mol. The third-order valence-corrected chi connectivity index (χ3v) is 3.13. The molecule has 1 rings (SSSR count). The molecular formula is C7H4Cl2O3S. The highest BCUT2D eigenvalue weighted by molar-refractivity contribution is 7.86. The van der Waals surface area contributed by atoms with Crippen molar-refractivity contribution in [3.8, 4) is 0 Å². The van der Waals surface area contributed by atoms with Gasteiger partial charge in [-0.05, 0) is 18.2 Å². The van der Waals surface area contributed by atoms with Gasteiger partial charge in [-0.1, -0.05) is 23.2 Å². The standard InChI is InChI=1S/C7H4Cl2O3S/c1-12-13(10,11)5-2-3-6(8)7(9)4-5/h1-4H. The Morgan fingerprint density at radius 2 is 1.85 bits per heavy atom. The van der Waals surface area contributed by atoms with E-state index in [9.17, 15) is 8.42 Å². The molecule has 6 heteroatoms. The highest BCUT2D eigenvalue weighted by Crippen LogP contribution is 2.25. The molecule has 0 saturated heterocycles. The number of benzene rings is 1. The van der Waals surface area contributed by atoms with Crippen molar-refractivity contribution in [1.29, 1.82) is 0 Å². The molecule has 0 unspecified atom stereocenters. The van der Waals surface area contributed by atoms with Gasteiger partial charge < -0.3 is 0 Å². The van der Waals surface area contributed by atoms with E-state index in [4.69, 9.17) is 23.2 Å². The number of hydrogen-bond acceptors (Lipinski definition) is 3. The number of halogens is 2. The summed E-state index contributed by atoms with van der Waals surface area (Å²) in [6.45, 7) is 0. The molecule has 0 bridgehead atoms. The van der Waals surface area contributed by atoms with Gasteiger partial charge in [-0.3, -0.25) is 4.18 Å². The summed E-state index contributed by atoms with van der Waals surface area (Å²) < 4.78 is 25.8. The van der Waals surface area contributed by atoms with Crippen LogP contribution in [-0.4, -0.2) is 8.42 Å². The van der Waals surface area contributed by atoms with Crippen LogP contribution in [0.4, 0.5) is 0 Å². The Labute approximate surface area is 86.4 Å². The summed E-state index contributed by atoms with van der Waals surface area (Å²) in [5.41, 5.74) is 0. The van der Waals surface area contributed by atoms with Crippen LogP contribution in [0.5, 0.6) is 0 Å². The summed E-state index contributed by atoms with van der Waals surface area (Å²) in [4.78, 5) is -0.135. The second-order valence-corrected chi connectivity index (χ2v) is 4.51. The fourth-order valence-electron chi connectivity index (χ4n) is 0.688. The van der Waals surface area contributed by atoms with Crippen LogP contribution >= 0.6 is 23.2 Å². The van der Waals surface area contributed by atoms with Gasteiger partial charge in [-0.15, -0.1) is 0 Å². The largest absolute Gasteiger partial charge is 0.297 e. The van der Waals surface area contributed by atoms with Crippen LogP contribution in [0, 0.1) is 7.11 Å². The molecule has 1 aromatic rings. The Kier molecular flexibility index (Phi) is 3.18. The lowest BCUT2D eigenvalue weighted by molar-refractivity contribution is 0.438. The van der Waals surface area contributed by atoms with Crippen molar-refractivity contribution in [1.82, 2.24) is 0 Å². The van der Waals surface area contributed by atoms with Crippen molar-refractivity contribution in [3.05, 3.63) is 35.4 Å². The van der Waals surface area contributed by atoms with E-state index in [2.05, 4.69) is 11.3 Å². The highest BCUT2D eigenvalue weighted by Gasteiger charge is 2.14. The van der Waals surface area contributed by atoms with E-state index < -0.39 is 10.1 Å². The number of hydrogen-bond donors (Lipinski definition) is 0. The van der Waals surface area contributed by atoms with Crippen LogP contribution in [0.2, 0.25) is 10.0 Å². The first-order chi connectivity index (χ1) is 5.97. The molecule has 0 spiro atoms. The van der Waals surface area contributed by atoms with Crippen LogP contribution in [0.25, 0.3) is 0 Å². The molecule has 0 aliphatic carbocycles. The molecule has 1 aromatic carbocycles. The van der Waals surface area contributed by atoms with E-state index in [1.165, 1.54) is 12.1 Å². The van der Waals surface area contributed by atoms with E-state index in [1.807, 2.05) is 0 Å². The molecule has 0 aliphatic rings. The molecule has 0 N–H and O–H groups in total.